The fraction of sp³-hybridized carbons (Fsp3) is 0.143. The number of Topliss-reactive ketones (excluding diaryl/α,β-unsaturated/α-hetero) is 1. The van der Waals surface area contributed by atoms with Crippen LogP contribution in [0.5, 0.6) is 5.75 Å². The number of ether oxygens (including phenoxy) is 2. The van der Waals surface area contributed by atoms with Crippen molar-refractivity contribution in [2.24, 2.45) is 0 Å². The van der Waals surface area contributed by atoms with Gasteiger partial charge in [0.15, 0.2) is 12.4 Å². The molecule has 132 valence electrons. The van der Waals surface area contributed by atoms with E-state index in [1.807, 2.05) is 43.3 Å². The van der Waals surface area contributed by atoms with Crippen LogP contribution in [0, 0.1) is 6.92 Å². The summed E-state index contributed by atoms with van der Waals surface area (Å²) in [6, 6.07) is 14.7. The van der Waals surface area contributed by atoms with E-state index in [-0.39, 0.29) is 18.2 Å². The Bertz CT molecular complexity index is 981. The quantitative estimate of drug-likeness (QED) is 0.379. The van der Waals surface area contributed by atoms with Crippen LogP contribution in [-0.2, 0) is 9.53 Å². The molecule has 5 heteroatoms. The lowest BCUT2D eigenvalue weighted by Gasteiger charge is -2.03. The number of carbonyl (C=O) groups excluding carboxylic acids is 2. The van der Waals surface area contributed by atoms with Gasteiger partial charge in [0.1, 0.15) is 11.3 Å². The highest BCUT2D eigenvalue weighted by molar-refractivity contribution is 6.02. The summed E-state index contributed by atoms with van der Waals surface area (Å²) in [5, 5.41) is 0.873. The van der Waals surface area contributed by atoms with Crippen molar-refractivity contribution in [3.05, 3.63) is 71.5 Å². The number of benzene rings is 2. The highest BCUT2D eigenvalue weighted by Crippen LogP contribution is 2.25. The van der Waals surface area contributed by atoms with E-state index in [2.05, 4.69) is 0 Å². The molecular formula is C21H18O5. The second-order valence-electron chi connectivity index (χ2n) is 5.66. The van der Waals surface area contributed by atoms with Gasteiger partial charge in [-0.3, -0.25) is 4.79 Å². The van der Waals surface area contributed by atoms with Crippen LogP contribution in [0.3, 0.4) is 0 Å². The zero-order valence-electron chi connectivity index (χ0n) is 14.5. The topological polar surface area (TPSA) is 65.7 Å². The number of carbonyl (C=O) groups is 2. The average molecular weight is 350 g/mol. The van der Waals surface area contributed by atoms with E-state index >= 15 is 0 Å². The lowest BCUT2D eigenvalue weighted by molar-refractivity contribution is -0.136. The molecule has 0 bridgehead atoms. The highest BCUT2D eigenvalue weighted by Gasteiger charge is 2.18. The molecule has 0 saturated heterocycles. The third kappa shape index (κ3) is 3.67. The van der Waals surface area contributed by atoms with Gasteiger partial charge in [0.2, 0.25) is 5.78 Å². The Labute approximate surface area is 150 Å². The monoisotopic (exact) mass is 350 g/mol. The molecule has 0 unspecified atom stereocenters. The molecular weight excluding hydrogens is 332 g/mol. The summed E-state index contributed by atoms with van der Waals surface area (Å²) in [4.78, 5) is 24.2. The van der Waals surface area contributed by atoms with E-state index in [9.17, 15) is 9.59 Å². The zero-order valence-corrected chi connectivity index (χ0v) is 14.5. The van der Waals surface area contributed by atoms with Crippen molar-refractivity contribution in [3.8, 4) is 5.75 Å². The second-order valence-corrected chi connectivity index (χ2v) is 5.66. The number of ketones is 1. The maximum Gasteiger partial charge on any atom is 0.331 e. The zero-order chi connectivity index (χ0) is 18.5. The largest absolute Gasteiger partial charge is 0.496 e. The van der Waals surface area contributed by atoms with Gasteiger partial charge in [-0.25, -0.2) is 4.79 Å². The van der Waals surface area contributed by atoms with Crippen molar-refractivity contribution in [2.45, 2.75) is 6.92 Å². The molecule has 0 aliphatic heterocycles. The van der Waals surface area contributed by atoms with Gasteiger partial charge >= 0.3 is 5.97 Å². The van der Waals surface area contributed by atoms with Gasteiger partial charge < -0.3 is 13.9 Å². The molecule has 1 heterocycles. The molecule has 0 amide bonds. The number of furan rings is 1. The molecule has 0 radical (unpaired) electrons. The third-order valence-corrected chi connectivity index (χ3v) is 3.98. The first-order valence-electron chi connectivity index (χ1n) is 8.09. The van der Waals surface area contributed by atoms with Crippen LogP contribution in [-0.4, -0.2) is 25.5 Å². The van der Waals surface area contributed by atoms with E-state index in [1.54, 1.807) is 25.3 Å². The van der Waals surface area contributed by atoms with Crippen LogP contribution in [0.15, 0.2) is 59.0 Å². The Balaban J connectivity index is 1.64. The minimum atomic E-state index is -0.613. The molecule has 0 N–H and O–H groups in total. The van der Waals surface area contributed by atoms with Crippen LogP contribution < -0.4 is 4.74 Å². The molecule has 1 aromatic heterocycles. The number of para-hydroxylation sites is 2. The SMILES string of the molecule is COc1ccccc1/C=C/C(=O)OCC(=O)c1oc2ccccc2c1C. The van der Waals surface area contributed by atoms with Crippen molar-refractivity contribution in [1.29, 1.82) is 0 Å². The van der Waals surface area contributed by atoms with Gasteiger partial charge in [-0.15, -0.1) is 0 Å². The fourth-order valence-corrected chi connectivity index (χ4v) is 2.65. The van der Waals surface area contributed by atoms with Gasteiger partial charge in [-0.1, -0.05) is 36.4 Å². The van der Waals surface area contributed by atoms with Gasteiger partial charge in [0.05, 0.1) is 7.11 Å². The van der Waals surface area contributed by atoms with Crippen molar-refractivity contribution < 1.29 is 23.5 Å². The van der Waals surface area contributed by atoms with E-state index in [4.69, 9.17) is 13.9 Å². The molecule has 0 aliphatic rings. The number of methoxy groups -OCH3 is 1. The number of hydrogen-bond acceptors (Lipinski definition) is 5. The molecule has 2 aromatic carbocycles. The summed E-state index contributed by atoms with van der Waals surface area (Å²) in [6.45, 7) is 1.43. The van der Waals surface area contributed by atoms with Crippen LogP contribution in [0.2, 0.25) is 0 Å². The summed E-state index contributed by atoms with van der Waals surface area (Å²) in [5.74, 6) is -0.131. The molecule has 0 fully saturated rings. The van der Waals surface area contributed by atoms with E-state index < -0.39 is 5.97 Å². The van der Waals surface area contributed by atoms with Crippen molar-refractivity contribution in [1.82, 2.24) is 0 Å². The highest BCUT2D eigenvalue weighted by atomic mass is 16.5. The Morgan fingerprint density at radius 1 is 1.08 bits per heavy atom. The molecule has 5 nitrogen and oxygen atoms in total. The van der Waals surface area contributed by atoms with Crippen molar-refractivity contribution >= 4 is 28.8 Å². The molecule has 3 rings (SSSR count). The maximum absolute atomic E-state index is 12.3. The Hall–Kier alpha value is -3.34. The van der Waals surface area contributed by atoms with Gasteiger partial charge in [0.25, 0.3) is 0 Å². The van der Waals surface area contributed by atoms with Crippen LogP contribution in [0.25, 0.3) is 17.0 Å². The van der Waals surface area contributed by atoms with Crippen molar-refractivity contribution in [3.63, 3.8) is 0 Å². The third-order valence-electron chi connectivity index (χ3n) is 3.98. The minimum absolute atomic E-state index is 0.215. The van der Waals surface area contributed by atoms with E-state index in [0.29, 0.717) is 11.3 Å². The first-order chi connectivity index (χ1) is 12.6. The lowest BCUT2D eigenvalue weighted by Crippen LogP contribution is -2.12. The number of esters is 1. The lowest BCUT2D eigenvalue weighted by atomic mass is 10.1. The summed E-state index contributed by atoms with van der Waals surface area (Å²) < 4.78 is 15.8. The average Bonchev–Trinajstić information content (AvgIpc) is 3.01. The molecule has 0 spiro atoms. The van der Waals surface area contributed by atoms with Gasteiger partial charge in [0, 0.05) is 22.6 Å². The minimum Gasteiger partial charge on any atom is -0.496 e. The summed E-state index contributed by atoms with van der Waals surface area (Å²) in [5.41, 5.74) is 2.12. The number of rotatable bonds is 6. The maximum atomic E-state index is 12.3. The molecule has 0 aliphatic carbocycles. The Morgan fingerprint density at radius 3 is 2.58 bits per heavy atom. The second kappa shape index (κ2) is 7.70. The molecule has 0 saturated carbocycles. The summed E-state index contributed by atoms with van der Waals surface area (Å²) in [7, 11) is 1.55. The van der Waals surface area contributed by atoms with Gasteiger partial charge in [-0.2, -0.15) is 0 Å². The first-order valence-corrected chi connectivity index (χ1v) is 8.09. The van der Waals surface area contributed by atoms with Crippen LogP contribution >= 0.6 is 0 Å². The summed E-state index contributed by atoms with van der Waals surface area (Å²) in [6.07, 6.45) is 2.84. The predicted octanol–water partition coefficient (Wildman–Crippen LogP) is 4.19. The Morgan fingerprint density at radius 2 is 1.81 bits per heavy atom. The molecule has 3 aromatic rings. The standard InChI is InChI=1S/C21H18O5/c1-14-16-8-4-6-10-19(16)26-21(14)17(22)13-25-20(23)12-11-15-7-3-5-9-18(15)24-2/h3-12H,13H2,1-2H3/b12-11+. The van der Waals surface area contributed by atoms with Crippen LogP contribution in [0.4, 0.5) is 0 Å². The number of hydrogen-bond donors (Lipinski definition) is 0. The smallest absolute Gasteiger partial charge is 0.331 e. The molecule has 26 heavy (non-hydrogen) atoms. The van der Waals surface area contributed by atoms with Crippen LogP contribution in [0.1, 0.15) is 21.7 Å². The van der Waals surface area contributed by atoms with E-state index in [0.717, 1.165) is 16.5 Å². The number of aryl methyl sites for hydroxylation is 1. The first kappa shape index (κ1) is 17.5. The normalized spacial score (nSPS) is 11.0. The van der Waals surface area contributed by atoms with Crippen molar-refractivity contribution in [2.75, 3.05) is 13.7 Å². The van der Waals surface area contributed by atoms with Gasteiger partial charge in [-0.05, 0) is 25.1 Å². The Kier molecular flexibility index (Phi) is 5.17. The summed E-state index contributed by atoms with van der Waals surface area (Å²) >= 11 is 0. The predicted molar refractivity (Wildman–Crippen MR) is 98.3 cm³/mol. The van der Waals surface area contributed by atoms with E-state index in [1.165, 1.54) is 6.08 Å². The number of fused-ring (bicyclic) bond motifs is 1. The fourth-order valence-electron chi connectivity index (χ4n) is 2.65. The molecule has 0 atom stereocenters.